The van der Waals surface area contributed by atoms with E-state index in [9.17, 15) is 30.3 Å². The summed E-state index contributed by atoms with van der Waals surface area (Å²) >= 11 is 0. The topological polar surface area (TPSA) is 146 Å². The lowest BCUT2D eigenvalue weighted by Crippen LogP contribution is -2.69. The van der Waals surface area contributed by atoms with E-state index >= 15 is 0 Å². The van der Waals surface area contributed by atoms with Crippen LogP contribution in [0, 0.1) is 34.5 Å². The summed E-state index contributed by atoms with van der Waals surface area (Å²) in [6, 6.07) is 0. The van der Waals surface area contributed by atoms with Crippen molar-refractivity contribution in [2.24, 2.45) is 34.5 Å². The molecule has 1 saturated heterocycles. The van der Waals surface area contributed by atoms with Gasteiger partial charge in [-0.25, -0.2) is 4.79 Å². The Bertz CT molecular complexity index is 985. The highest BCUT2D eigenvalue weighted by molar-refractivity contribution is 5.85. The van der Waals surface area contributed by atoms with E-state index in [2.05, 4.69) is 13.8 Å². The van der Waals surface area contributed by atoms with Gasteiger partial charge in [0.1, 0.15) is 24.9 Å². The van der Waals surface area contributed by atoms with Crippen molar-refractivity contribution in [1.29, 1.82) is 0 Å². The standard InChI is InChI=1S/C29H44O9/c1-14-23(32)24(33)25(34)26(37-14)38-16-6-9-28(3)20-7-8-27(2)18(15-10-22(31)36-13-15)4-5-19(27)17(20)11-21(30)29(28,35)12-16/h10,14,16-21,23-26,30,32-35H,4-9,11-13H2,1-3H3/t14-,16+,17-,18+,19-,20-,21+,23+,24+,25-,26+,27-,28-,29+/m1/s1. The molecule has 0 radical (unpaired) electrons. The highest BCUT2D eigenvalue weighted by Crippen LogP contribution is 2.69. The predicted molar refractivity (Wildman–Crippen MR) is 134 cm³/mol. The number of ether oxygens (including phenoxy) is 3. The van der Waals surface area contributed by atoms with E-state index in [1.807, 2.05) is 0 Å². The Balaban J connectivity index is 1.20. The molecule has 6 aliphatic rings. The smallest absolute Gasteiger partial charge is 0.331 e. The van der Waals surface area contributed by atoms with Crippen molar-refractivity contribution in [2.75, 3.05) is 6.61 Å². The molecule has 9 nitrogen and oxygen atoms in total. The number of hydrogen-bond donors (Lipinski definition) is 5. The second-order valence-corrected chi connectivity index (χ2v) is 13.7. The number of aliphatic hydroxyl groups is 5. The molecule has 14 atom stereocenters. The first-order valence-electron chi connectivity index (χ1n) is 14.5. The molecule has 4 aliphatic carbocycles. The SMILES string of the molecule is C[C@H]1O[C@@H](O[C@H]2CC[C@]3(C)[C@@H]4CC[C@@]5(C)[C@H](CC[C@H]5C5=CC(=O)OC5)[C@H]4C[C@H](O)[C@@]3(O)C2)[C@H](O)[C@@H](O)[C@H]1O. The first kappa shape index (κ1) is 27.1. The Morgan fingerprint density at radius 2 is 1.74 bits per heavy atom. The molecular weight excluding hydrogens is 492 g/mol. The van der Waals surface area contributed by atoms with Crippen molar-refractivity contribution in [1.82, 2.24) is 0 Å². The summed E-state index contributed by atoms with van der Waals surface area (Å²) in [5.41, 5.74) is -0.631. The maximum Gasteiger partial charge on any atom is 0.331 e. The van der Waals surface area contributed by atoms with E-state index in [0.29, 0.717) is 43.6 Å². The predicted octanol–water partition coefficient (Wildman–Crippen LogP) is 1.43. The summed E-state index contributed by atoms with van der Waals surface area (Å²) in [5, 5.41) is 54.3. The summed E-state index contributed by atoms with van der Waals surface area (Å²) in [4.78, 5) is 11.8. The van der Waals surface area contributed by atoms with Gasteiger partial charge in [0.25, 0.3) is 0 Å². The fraction of sp³-hybridized carbons (Fsp3) is 0.897. The highest BCUT2D eigenvalue weighted by atomic mass is 16.7. The molecule has 0 aromatic heterocycles. The van der Waals surface area contributed by atoms with Crippen LogP contribution in [0.1, 0.15) is 72.1 Å². The first-order chi connectivity index (χ1) is 17.9. The van der Waals surface area contributed by atoms with E-state index in [1.165, 1.54) is 0 Å². The molecule has 4 saturated carbocycles. The molecule has 5 N–H and O–H groups in total. The fourth-order valence-corrected chi connectivity index (χ4v) is 9.87. The molecule has 2 heterocycles. The van der Waals surface area contributed by atoms with Gasteiger partial charge in [0, 0.05) is 17.9 Å². The third kappa shape index (κ3) is 3.80. The number of carbonyl (C=O) groups excluding carboxylic acids is 1. The Morgan fingerprint density at radius 1 is 0.974 bits per heavy atom. The van der Waals surface area contributed by atoms with Gasteiger partial charge in [-0.15, -0.1) is 0 Å². The maximum absolute atomic E-state index is 12.1. The molecule has 0 unspecified atom stereocenters. The molecular formula is C29H44O9. The Morgan fingerprint density at radius 3 is 2.45 bits per heavy atom. The Kier molecular flexibility index (Phi) is 6.58. The lowest BCUT2D eigenvalue weighted by molar-refractivity contribution is -0.323. The largest absolute Gasteiger partial charge is 0.458 e. The zero-order valence-corrected chi connectivity index (χ0v) is 22.7. The fourth-order valence-electron chi connectivity index (χ4n) is 9.87. The summed E-state index contributed by atoms with van der Waals surface area (Å²) in [6.07, 6.45) is 0.718. The van der Waals surface area contributed by atoms with Crippen LogP contribution in [0.4, 0.5) is 0 Å². The van der Waals surface area contributed by atoms with E-state index in [1.54, 1.807) is 13.0 Å². The number of carbonyl (C=O) groups is 1. The number of fused-ring (bicyclic) bond motifs is 5. The molecule has 0 aromatic rings. The Hall–Kier alpha value is -1.07. The molecule has 5 fully saturated rings. The number of cyclic esters (lactones) is 1. The van der Waals surface area contributed by atoms with Crippen LogP contribution in [0.2, 0.25) is 0 Å². The van der Waals surface area contributed by atoms with Gasteiger partial charge in [-0.3, -0.25) is 0 Å². The van der Waals surface area contributed by atoms with Crippen LogP contribution >= 0.6 is 0 Å². The van der Waals surface area contributed by atoms with Crippen molar-refractivity contribution in [3.63, 3.8) is 0 Å². The molecule has 2 aliphatic heterocycles. The highest BCUT2D eigenvalue weighted by Gasteiger charge is 2.68. The van der Waals surface area contributed by atoms with E-state index in [0.717, 1.165) is 31.3 Å². The average molecular weight is 537 g/mol. The van der Waals surface area contributed by atoms with Gasteiger partial charge >= 0.3 is 5.97 Å². The van der Waals surface area contributed by atoms with E-state index < -0.39 is 53.9 Å². The van der Waals surface area contributed by atoms with Gasteiger partial charge in [0.05, 0.1) is 23.9 Å². The van der Waals surface area contributed by atoms with Gasteiger partial charge < -0.3 is 39.7 Å². The van der Waals surface area contributed by atoms with Crippen molar-refractivity contribution in [3.8, 4) is 0 Å². The summed E-state index contributed by atoms with van der Waals surface area (Å²) in [7, 11) is 0. The zero-order valence-electron chi connectivity index (χ0n) is 22.7. The number of esters is 1. The van der Waals surface area contributed by atoms with Gasteiger partial charge in [-0.1, -0.05) is 13.8 Å². The second-order valence-electron chi connectivity index (χ2n) is 13.7. The van der Waals surface area contributed by atoms with Crippen LogP contribution in [-0.4, -0.2) is 86.6 Å². The van der Waals surface area contributed by atoms with Crippen LogP contribution in [0.15, 0.2) is 11.6 Å². The van der Waals surface area contributed by atoms with Crippen LogP contribution < -0.4 is 0 Å². The molecule has 0 bridgehead atoms. The van der Waals surface area contributed by atoms with Gasteiger partial charge in [-0.05, 0) is 86.5 Å². The monoisotopic (exact) mass is 536 g/mol. The minimum Gasteiger partial charge on any atom is -0.458 e. The maximum atomic E-state index is 12.1. The van der Waals surface area contributed by atoms with Gasteiger partial charge in [-0.2, -0.15) is 0 Å². The van der Waals surface area contributed by atoms with Gasteiger partial charge in [0.15, 0.2) is 6.29 Å². The summed E-state index contributed by atoms with van der Waals surface area (Å²) in [5.74, 6) is 1.09. The van der Waals surface area contributed by atoms with Crippen molar-refractivity contribution >= 4 is 5.97 Å². The number of hydrogen-bond acceptors (Lipinski definition) is 9. The lowest BCUT2D eigenvalue weighted by atomic mass is 9.42. The van der Waals surface area contributed by atoms with Crippen molar-refractivity contribution in [3.05, 3.63) is 11.6 Å². The van der Waals surface area contributed by atoms with Crippen LogP contribution in [0.5, 0.6) is 0 Å². The summed E-state index contributed by atoms with van der Waals surface area (Å²) in [6.45, 7) is 6.51. The normalized spacial score (nSPS) is 56.5. The second kappa shape index (κ2) is 9.23. The molecule has 9 heteroatoms. The number of rotatable bonds is 3. The average Bonchev–Trinajstić information content (AvgIpc) is 3.45. The molecule has 6 rings (SSSR count). The molecule has 0 spiro atoms. The third-order valence-electron chi connectivity index (χ3n) is 12.1. The Labute approximate surface area is 224 Å². The summed E-state index contributed by atoms with van der Waals surface area (Å²) < 4.78 is 17.0. The minimum atomic E-state index is -1.40. The number of aliphatic hydroxyl groups excluding tert-OH is 4. The van der Waals surface area contributed by atoms with E-state index in [-0.39, 0.29) is 23.7 Å². The molecule has 214 valence electrons. The molecule has 38 heavy (non-hydrogen) atoms. The first-order valence-corrected chi connectivity index (χ1v) is 14.5. The quantitative estimate of drug-likeness (QED) is 0.267. The third-order valence-corrected chi connectivity index (χ3v) is 12.1. The van der Waals surface area contributed by atoms with Crippen LogP contribution in [0.3, 0.4) is 0 Å². The van der Waals surface area contributed by atoms with E-state index in [4.69, 9.17) is 14.2 Å². The van der Waals surface area contributed by atoms with Crippen molar-refractivity contribution < 1.29 is 44.5 Å². The minimum absolute atomic E-state index is 0.0589. The lowest BCUT2D eigenvalue weighted by Gasteiger charge is -2.65. The van der Waals surface area contributed by atoms with Gasteiger partial charge in [0.2, 0.25) is 0 Å². The van der Waals surface area contributed by atoms with Crippen LogP contribution in [0.25, 0.3) is 0 Å². The zero-order chi connectivity index (χ0) is 27.2. The van der Waals surface area contributed by atoms with Crippen LogP contribution in [-0.2, 0) is 19.0 Å². The van der Waals surface area contributed by atoms with Crippen molar-refractivity contribution in [2.45, 2.75) is 121 Å². The molecule has 0 aromatic carbocycles. The molecule has 0 amide bonds.